The van der Waals surface area contributed by atoms with E-state index in [-0.39, 0.29) is 12.8 Å². The van der Waals surface area contributed by atoms with E-state index in [2.05, 4.69) is 5.32 Å². The third-order valence-corrected chi connectivity index (χ3v) is 3.79. The highest BCUT2D eigenvalue weighted by Crippen LogP contribution is 2.42. The lowest BCUT2D eigenvalue weighted by Gasteiger charge is -2.41. The second-order valence-electron chi connectivity index (χ2n) is 5.24. The van der Waals surface area contributed by atoms with Crippen molar-refractivity contribution >= 4 is 0 Å². The van der Waals surface area contributed by atoms with E-state index in [9.17, 15) is 13.2 Å². The number of halogens is 3. The van der Waals surface area contributed by atoms with Crippen LogP contribution >= 0.6 is 0 Å². The molecular formula is C11H19F3N2. The number of nitrogens with one attached hydrogen (secondary N) is 1. The zero-order chi connectivity index (χ0) is 11.8. The van der Waals surface area contributed by atoms with Crippen LogP contribution in [0.15, 0.2) is 0 Å². The Morgan fingerprint density at radius 1 is 1.25 bits per heavy atom. The monoisotopic (exact) mass is 236 g/mol. The predicted molar refractivity (Wildman–Crippen MR) is 56.0 cm³/mol. The molecule has 0 radical (unpaired) electrons. The fourth-order valence-corrected chi connectivity index (χ4v) is 2.68. The summed E-state index contributed by atoms with van der Waals surface area (Å²) in [6.07, 6.45) is -0.0717. The van der Waals surface area contributed by atoms with E-state index in [1.165, 1.54) is 0 Å². The molecule has 0 spiro atoms. The molecule has 2 nitrogen and oxygen atoms in total. The average molecular weight is 236 g/mol. The number of nitrogens with two attached hydrogens (primary N) is 1. The molecule has 2 unspecified atom stereocenters. The molecule has 0 aliphatic heterocycles. The number of hydrogen-bond donors (Lipinski definition) is 2. The van der Waals surface area contributed by atoms with Crippen molar-refractivity contribution in [2.24, 2.45) is 11.7 Å². The highest BCUT2D eigenvalue weighted by Gasteiger charge is 2.48. The minimum atomic E-state index is -4.06. The Bertz CT molecular complexity index is 250. The van der Waals surface area contributed by atoms with Crippen molar-refractivity contribution in [2.45, 2.75) is 56.3 Å². The zero-order valence-corrected chi connectivity index (χ0v) is 9.32. The van der Waals surface area contributed by atoms with Crippen LogP contribution in [0.3, 0.4) is 0 Å². The van der Waals surface area contributed by atoms with Crippen molar-refractivity contribution in [3.8, 4) is 0 Å². The van der Waals surface area contributed by atoms with Crippen LogP contribution in [0.1, 0.15) is 38.5 Å². The van der Waals surface area contributed by atoms with Gasteiger partial charge in [-0.25, -0.2) is 0 Å². The topological polar surface area (TPSA) is 38.0 Å². The van der Waals surface area contributed by atoms with Crippen LogP contribution in [0.2, 0.25) is 0 Å². The van der Waals surface area contributed by atoms with Gasteiger partial charge < -0.3 is 11.1 Å². The SMILES string of the molecule is NCC1(NC2CC2)CCCC(C(F)(F)F)C1. The van der Waals surface area contributed by atoms with Crippen molar-refractivity contribution < 1.29 is 13.2 Å². The van der Waals surface area contributed by atoms with Gasteiger partial charge in [-0.05, 0) is 32.1 Å². The molecule has 16 heavy (non-hydrogen) atoms. The van der Waals surface area contributed by atoms with E-state index in [4.69, 9.17) is 5.73 Å². The maximum absolute atomic E-state index is 12.7. The minimum Gasteiger partial charge on any atom is -0.329 e. The van der Waals surface area contributed by atoms with Gasteiger partial charge in [0, 0.05) is 18.1 Å². The fourth-order valence-electron chi connectivity index (χ4n) is 2.68. The van der Waals surface area contributed by atoms with Gasteiger partial charge in [0.25, 0.3) is 0 Å². The van der Waals surface area contributed by atoms with Crippen molar-refractivity contribution in [1.82, 2.24) is 5.32 Å². The summed E-state index contributed by atoms with van der Waals surface area (Å²) < 4.78 is 38.1. The maximum Gasteiger partial charge on any atom is 0.391 e. The molecule has 0 heterocycles. The van der Waals surface area contributed by atoms with E-state index in [0.29, 0.717) is 19.0 Å². The molecular weight excluding hydrogens is 217 g/mol. The second-order valence-corrected chi connectivity index (χ2v) is 5.24. The van der Waals surface area contributed by atoms with Crippen LogP contribution in [0.5, 0.6) is 0 Å². The molecule has 0 amide bonds. The summed E-state index contributed by atoms with van der Waals surface area (Å²) in [4.78, 5) is 0. The van der Waals surface area contributed by atoms with Gasteiger partial charge in [0.05, 0.1) is 5.92 Å². The Hall–Kier alpha value is -0.290. The molecule has 3 N–H and O–H groups in total. The summed E-state index contributed by atoms with van der Waals surface area (Å²) in [6, 6.07) is 0.413. The Morgan fingerprint density at radius 3 is 2.44 bits per heavy atom. The van der Waals surface area contributed by atoms with Gasteiger partial charge in [-0.2, -0.15) is 13.2 Å². The molecule has 0 bridgehead atoms. The highest BCUT2D eigenvalue weighted by atomic mass is 19.4. The first-order chi connectivity index (χ1) is 7.45. The summed E-state index contributed by atoms with van der Waals surface area (Å²) in [6.45, 7) is 0.316. The summed E-state index contributed by atoms with van der Waals surface area (Å²) >= 11 is 0. The van der Waals surface area contributed by atoms with Gasteiger partial charge in [0.1, 0.15) is 0 Å². The molecule has 0 aromatic rings. The maximum atomic E-state index is 12.7. The lowest BCUT2D eigenvalue weighted by atomic mass is 9.75. The van der Waals surface area contributed by atoms with E-state index in [1.54, 1.807) is 0 Å². The predicted octanol–water partition coefficient (Wildman–Crippen LogP) is 2.19. The Labute approximate surface area is 93.8 Å². The molecule has 0 saturated heterocycles. The van der Waals surface area contributed by atoms with Crippen molar-refractivity contribution in [1.29, 1.82) is 0 Å². The van der Waals surface area contributed by atoms with Crippen molar-refractivity contribution in [3.63, 3.8) is 0 Å². The largest absolute Gasteiger partial charge is 0.391 e. The first-order valence-corrected chi connectivity index (χ1v) is 6.00. The van der Waals surface area contributed by atoms with Gasteiger partial charge in [0.2, 0.25) is 0 Å². The van der Waals surface area contributed by atoms with Gasteiger partial charge in [-0.1, -0.05) is 6.42 Å². The Kier molecular flexibility index (Phi) is 3.18. The van der Waals surface area contributed by atoms with Crippen LogP contribution in [0, 0.1) is 5.92 Å². The highest BCUT2D eigenvalue weighted by molar-refractivity contribution is 5.00. The zero-order valence-electron chi connectivity index (χ0n) is 9.32. The normalized spacial score (nSPS) is 36.4. The van der Waals surface area contributed by atoms with Gasteiger partial charge in [-0.3, -0.25) is 0 Å². The van der Waals surface area contributed by atoms with Crippen LogP contribution in [0.25, 0.3) is 0 Å². The number of hydrogen-bond acceptors (Lipinski definition) is 2. The molecule has 2 saturated carbocycles. The molecule has 0 aromatic carbocycles. The lowest BCUT2D eigenvalue weighted by Crippen LogP contribution is -2.56. The first-order valence-electron chi connectivity index (χ1n) is 6.00. The van der Waals surface area contributed by atoms with Gasteiger partial charge in [0.15, 0.2) is 0 Å². The first kappa shape index (κ1) is 12.2. The summed E-state index contributed by atoms with van der Waals surface area (Å²) in [5.74, 6) is -1.17. The lowest BCUT2D eigenvalue weighted by molar-refractivity contribution is -0.188. The molecule has 2 aliphatic carbocycles. The van der Waals surface area contributed by atoms with Crippen LogP contribution in [-0.2, 0) is 0 Å². The minimum absolute atomic E-state index is 0.156. The quantitative estimate of drug-likeness (QED) is 0.788. The van der Waals surface area contributed by atoms with E-state index >= 15 is 0 Å². The second kappa shape index (κ2) is 4.18. The average Bonchev–Trinajstić information content (AvgIpc) is 3.01. The van der Waals surface area contributed by atoms with Crippen molar-refractivity contribution in [3.05, 3.63) is 0 Å². The van der Waals surface area contributed by atoms with Gasteiger partial charge in [-0.15, -0.1) is 0 Å². The third kappa shape index (κ3) is 2.69. The molecule has 5 heteroatoms. The standard InChI is InChI=1S/C11H19F3N2/c12-11(13,14)8-2-1-5-10(6-8,7-15)16-9-3-4-9/h8-9,16H,1-7,15H2. The van der Waals surface area contributed by atoms with Crippen LogP contribution < -0.4 is 11.1 Å². The molecule has 2 atom stereocenters. The van der Waals surface area contributed by atoms with Gasteiger partial charge >= 0.3 is 6.18 Å². The fraction of sp³-hybridized carbons (Fsp3) is 1.00. The molecule has 2 fully saturated rings. The third-order valence-electron chi connectivity index (χ3n) is 3.79. The molecule has 94 valence electrons. The van der Waals surface area contributed by atoms with E-state index < -0.39 is 17.6 Å². The van der Waals surface area contributed by atoms with E-state index in [1.807, 2.05) is 0 Å². The molecule has 2 rings (SSSR count). The summed E-state index contributed by atoms with van der Waals surface area (Å²) in [7, 11) is 0. The van der Waals surface area contributed by atoms with Crippen molar-refractivity contribution in [2.75, 3.05) is 6.54 Å². The number of rotatable bonds is 3. The molecule has 0 aromatic heterocycles. The Balaban J connectivity index is 2.01. The summed E-state index contributed by atoms with van der Waals surface area (Å²) in [5, 5.41) is 3.33. The number of alkyl halides is 3. The summed E-state index contributed by atoms with van der Waals surface area (Å²) in [5.41, 5.74) is 5.23. The van der Waals surface area contributed by atoms with Crippen LogP contribution in [0.4, 0.5) is 13.2 Å². The Morgan fingerprint density at radius 2 is 1.94 bits per heavy atom. The molecule has 2 aliphatic rings. The smallest absolute Gasteiger partial charge is 0.329 e. The van der Waals surface area contributed by atoms with E-state index in [0.717, 1.165) is 19.3 Å². The van der Waals surface area contributed by atoms with Crippen LogP contribution in [-0.4, -0.2) is 24.3 Å².